The summed E-state index contributed by atoms with van der Waals surface area (Å²) in [6, 6.07) is 18.8. The molecule has 1 amide bonds. The number of carbonyl (C=O) groups is 2. The lowest BCUT2D eigenvalue weighted by Gasteiger charge is -2.26. The highest BCUT2D eigenvalue weighted by Crippen LogP contribution is 2.42. The van der Waals surface area contributed by atoms with E-state index in [1.54, 1.807) is 30.3 Å². The van der Waals surface area contributed by atoms with Crippen LogP contribution in [0.1, 0.15) is 34.7 Å². The average molecular weight is 531 g/mol. The first-order valence-corrected chi connectivity index (χ1v) is 12.8. The third-order valence-corrected chi connectivity index (χ3v) is 6.77. The molecule has 8 heteroatoms. The summed E-state index contributed by atoms with van der Waals surface area (Å²) in [5.74, 6) is -0.911. The van der Waals surface area contributed by atoms with E-state index in [4.69, 9.17) is 9.47 Å². The molecule has 0 radical (unpaired) electrons. The maximum Gasteiger partial charge on any atom is 0.295 e. The van der Waals surface area contributed by atoms with Crippen LogP contribution in [0.25, 0.3) is 5.76 Å². The number of aromatic hydroxyl groups is 1. The van der Waals surface area contributed by atoms with Gasteiger partial charge in [0.05, 0.1) is 18.7 Å². The summed E-state index contributed by atoms with van der Waals surface area (Å²) >= 11 is 0. The third kappa shape index (κ3) is 6.07. The topological polar surface area (TPSA) is 99.5 Å². The maximum absolute atomic E-state index is 13.3. The third-order valence-electron chi connectivity index (χ3n) is 6.77. The van der Waals surface area contributed by atoms with Gasteiger partial charge in [0.2, 0.25) is 0 Å². The summed E-state index contributed by atoms with van der Waals surface area (Å²) in [4.78, 5) is 30.0. The number of carbonyl (C=O) groups excluding carboxylic acids is 2. The predicted molar refractivity (Wildman–Crippen MR) is 149 cm³/mol. The normalized spacial score (nSPS) is 16.6. The van der Waals surface area contributed by atoms with Gasteiger partial charge in [-0.2, -0.15) is 0 Å². The van der Waals surface area contributed by atoms with Gasteiger partial charge >= 0.3 is 0 Å². The fourth-order valence-corrected chi connectivity index (χ4v) is 4.76. The Balaban J connectivity index is 1.72. The Bertz CT molecular complexity index is 1380. The van der Waals surface area contributed by atoms with E-state index in [2.05, 4.69) is 0 Å². The highest BCUT2D eigenvalue weighted by molar-refractivity contribution is 6.46. The minimum absolute atomic E-state index is 0.00125. The average Bonchev–Trinajstić information content (AvgIpc) is 3.17. The largest absolute Gasteiger partial charge is 0.507 e. The molecule has 3 aromatic carbocycles. The number of methoxy groups -OCH3 is 1. The zero-order valence-electron chi connectivity index (χ0n) is 22.7. The molecule has 8 nitrogen and oxygen atoms in total. The van der Waals surface area contributed by atoms with E-state index in [-0.39, 0.29) is 22.8 Å². The van der Waals surface area contributed by atoms with Gasteiger partial charge in [0.1, 0.15) is 18.1 Å². The van der Waals surface area contributed by atoms with Gasteiger partial charge in [0.25, 0.3) is 11.7 Å². The quantitative estimate of drug-likeness (QED) is 0.223. The van der Waals surface area contributed by atoms with Crippen LogP contribution in [-0.4, -0.2) is 66.0 Å². The van der Waals surface area contributed by atoms with Crippen molar-refractivity contribution in [3.05, 3.63) is 94.6 Å². The number of hydrogen-bond donors (Lipinski definition) is 2. The molecular formula is C31H34N2O6. The van der Waals surface area contributed by atoms with Crippen LogP contribution in [-0.2, 0) is 16.2 Å². The number of aliphatic hydroxyl groups is 1. The number of phenols is 1. The summed E-state index contributed by atoms with van der Waals surface area (Å²) in [6.07, 6.45) is 0.637. The van der Waals surface area contributed by atoms with E-state index in [0.717, 1.165) is 12.1 Å². The molecule has 39 heavy (non-hydrogen) atoms. The monoisotopic (exact) mass is 530 g/mol. The fourth-order valence-electron chi connectivity index (χ4n) is 4.76. The lowest BCUT2D eigenvalue weighted by Crippen LogP contribution is -2.32. The van der Waals surface area contributed by atoms with E-state index in [0.29, 0.717) is 42.0 Å². The predicted octanol–water partition coefficient (Wildman–Crippen LogP) is 4.66. The van der Waals surface area contributed by atoms with Crippen LogP contribution in [0.15, 0.2) is 72.3 Å². The molecule has 0 aliphatic carbocycles. The molecule has 0 saturated carbocycles. The number of aryl methyl sites for hydroxylation is 1. The maximum atomic E-state index is 13.3. The van der Waals surface area contributed by atoms with Crippen LogP contribution in [0.4, 0.5) is 0 Å². The standard InChI is InChI=1S/C31H34N2O6/c1-20-17-23(39-19-21-9-6-5-7-10-21)12-13-24(20)29(35)27-28(22-11-14-25(34)26(18-22)38-4)33(31(37)30(27)36)16-8-15-32(2)3/h5-7,9-14,17-18,28,34-35H,8,15-16,19H2,1-4H3/t28-/m0/s1. The van der Waals surface area contributed by atoms with Crippen LogP contribution >= 0.6 is 0 Å². The van der Waals surface area contributed by atoms with Crippen LogP contribution in [0.2, 0.25) is 0 Å². The second-order valence-electron chi connectivity index (χ2n) is 9.83. The lowest BCUT2D eigenvalue weighted by molar-refractivity contribution is -0.139. The van der Waals surface area contributed by atoms with Gasteiger partial charge in [-0.3, -0.25) is 9.59 Å². The smallest absolute Gasteiger partial charge is 0.295 e. The van der Waals surface area contributed by atoms with Gasteiger partial charge in [-0.05, 0) is 81.0 Å². The minimum atomic E-state index is -0.838. The Kier molecular flexibility index (Phi) is 8.56. The zero-order valence-corrected chi connectivity index (χ0v) is 22.7. The molecule has 1 saturated heterocycles. The van der Waals surface area contributed by atoms with Gasteiger partial charge in [-0.15, -0.1) is 0 Å². The van der Waals surface area contributed by atoms with Gasteiger partial charge in [0, 0.05) is 12.1 Å². The second kappa shape index (κ2) is 12.0. The van der Waals surface area contributed by atoms with Crippen molar-refractivity contribution in [2.75, 3.05) is 34.3 Å². The number of amides is 1. The molecule has 204 valence electrons. The zero-order chi connectivity index (χ0) is 28.1. The Morgan fingerprint density at radius 3 is 2.44 bits per heavy atom. The number of ether oxygens (including phenoxy) is 2. The first kappa shape index (κ1) is 27.7. The Morgan fingerprint density at radius 2 is 1.77 bits per heavy atom. The summed E-state index contributed by atoms with van der Waals surface area (Å²) < 4.78 is 11.2. The van der Waals surface area contributed by atoms with Gasteiger partial charge in [-0.1, -0.05) is 36.4 Å². The van der Waals surface area contributed by atoms with Crippen molar-refractivity contribution in [3.63, 3.8) is 0 Å². The number of hydrogen-bond acceptors (Lipinski definition) is 7. The molecule has 1 aliphatic rings. The number of ketones is 1. The van der Waals surface area contributed by atoms with E-state index < -0.39 is 17.7 Å². The molecule has 1 fully saturated rings. The fraction of sp³-hybridized carbons (Fsp3) is 0.290. The molecule has 3 aromatic rings. The number of nitrogens with zero attached hydrogens (tertiary/aromatic N) is 2. The summed E-state index contributed by atoms with van der Waals surface area (Å²) in [6.45, 7) is 3.25. The van der Waals surface area contributed by atoms with Gasteiger partial charge in [-0.25, -0.2) is 0 Å². The Morgan fingerprint density at radius 1 is 1.03 bits per heavy atom. The van der Waals surface area contributed by atoms with Crippen molar-refractivity contribution < 1.29 is 29.3 Å². The SMILES string of the molecule is COc1cc([C@H]2C(=C(O)c3ccc(OCc4ccccc4)cc3C)C(=O)C(=O)N2CCCN(C)C)ccc1O. The number of rotatable bonds is 10. The Hall–Kier alpha value is -4.30. The molecule has 0 aromatic heterocycles. The molecule has 0 unspecified atom stereocenters. The molecule has 4 rings (SSSR count). The molecule has 0 bridgehead atoms. The molecule has 2 N–H and O–H groups in total. The molecule has 0 spiro atoms. The van der Waals surface area contributed by atoms with Crippen LogP contribution in [0.5, 0.6) is 17.2 Å². The molecule has 1 heterocycles. The van der Waals surface area contributed by atoms with Crippen molar-refractivity contribution in [1.82, 2.24) is 9.80 Å². The summed E-state index contributed by atoms with van der Waals surface area (Å²) in [7, 11) is 5.30. The van der Waals surface area contributed by atoms with Gasteiger partial charge < -0.3 is 29.5 Å². The highest BCUT2D eigenvalue weighted by Gasteiger charge is 2.46. The first-order valence-electron chi connectivity index (χ1n) is 12.8. The van der Waals surface area contributed by atoms with Gasteiger partial charge in [0.15, 0.2) is 11.5 Å². The first-order chi connectivity index (χ1) is 18.7. The number of phenolic OH excluding ortho intramolecular Hbond substituents is 1. The number of benzene rings is 3. The van der Waals surface area contributed by atoms with Crippen LogP contribution in [0.3, 0.4) is 0 Å². The highest BCUT2D eigenvalue weighted by atomic mass is 16.5. The lowest BCUT2D eigenvalue weighted by atomic mass is 9.93. The molecule has 1 aliphatic heterocycles. The number of likely N-dealkylation sites (tertiary alicyclic amines) is 1. The van der Waals surface area contributed by atoms with Crippen molar-refractivity contribution in [2.24, 2.45) is 0 Å². The van der Waals surface area contributed by atoms with E-state index in [9.17, 15) is 19.8 Å². The van der Waals surface area contributed by atoms with E-state index in [1.165, 1.54) is 18.1 Å². The van der Waals surface area contributed by atoms with Crippen molar-refractivity contribution in [1.29, 1.82) is 0 Å². The van der Waals surface area contributed by atoms with Crippen LogP contribution in [0, 0.1) is 6.92 Å². The van der Waals surface area contributed by atoms with Crippen molar-refractivity contribution in [3.8, 4) is 17.2 Å². The number of Topliss-reactive ketones (excluding diaryl/α,β-unsaturated/α-hetero) is 1. The molecular weight excluding hydrogens is 496 g/mol. The van der Waals surface area contributed by atoms with E-state index >= 15 is 0 Å². The van der Waals surface area contributed by atoms with Crippen molar-refractivity contribution >= 4 is 17.4 Å². The summed E-state index contributed by atoms with van der Waals surface area (Å²) in [5.41, 5.74) is 2.71. The molecule has 1 atom stereocenters. The van der Waals surface area contributed by atoms with E-state index in [1.807, 2.05) is 56.3 Å². The minimum Gasteiger partial charge on any atom is -0.507 e. The second-order valence-corrected chi connectivity index (χ2v) is 9.83. The Labute approximate surface area is 228 Å². The number of aliphatic hydroxyl groups excluding tert-OH is 1. The van der Waals surface area contributed by atoms with Crippen molar-refractivity contribution in [2.45, 2.75) is 26.0 Å². The van der Waals surface area contributed by atoms with Crippen LogP contribution < -0.4 is 9.47 Å². The summed E-state index contributed by atoms with van der Waals surface area (Å²) in [5, 5.41) is 21.6.